The van der Waals surface area contributed by atoms with Gasteiger partial charge in [-0.1, -0.05) is 11.6 Å². The molecular formula is C19H18ClF2N5O2. The van der Waals surface area contributed by atoms with Gasteiger partial charge in [-0.15, -0.1) is 0 Å². The van der Waals surface area contributed by atoms with Crippen LogP contribution in [-0.2, 0) is 4.74 Å². The fraction of sp³-hybridized carbons (Fsp3) is 0.263. The maximum atomic E-state index is 13.5. The van der Waals surface area contributed by atoms with Gasteiger partial charge in [-0.3, -0.25) is 0 Å². The van der Waals surface area contributed by atoms with Crippen molar-refractivity contribution >= 4 is 45.7 Å². The van der Waals surface area contributed by atoms with Gasteiger partial charge in [0.2, 0.25) is 0 Å². The second-order valence-electron chi connectivity index (χ2n) is 6.75. The molecule has 29 heavy (non-hydrogen) atoms. The average molecular weight is 422 g/mol. The number of H-pyrrole nitrogens is 1. The number of amides is 2. The van der Waals surface area contributed by atoms with Crippen LogP contribution in [0.3, 0.4) is 0 Å². The SMILES string of the molecule is C[C@@H]1CN(c2ncc(NC(=O)Nc3c[nH]c4cc(F)c(F)cc34)cc2Cl)CCO1. The summed E-state index contributed by atoms with van der Waals surface area (Å²) < 4.78 is 32.3. The molecule has 1 saturated heterocycles. The van der Waals surface area contributed by atoms with Crippen LogP contribution in [0.4, 0.5) is 30.8 Å². The first-order valence-electron chi connectivity index (χ1n) is 8.97. The van der Waals surface area contributed by atoms with E-state index in [0.717, 1.165) is 12.1 Å². The van der Waals surface area contributed by atoms with Crippen LogP contribution >= 0.6 is 11.6 Å². The number of halogens is 3. The summed E-state index contributed by atoms with van der Waals surface area (Å²) in [4.78, 5) is 21.5. The smallest absolute Gasteiger partial charge is 0.323 e. The molecule has 0 unspecified atom stereocenters. The molecule has 0 aliphatic carbocycles. The molecule has 0 radical (unpaired) electrons. The molecule has 2 amide bonds. The van der Waals surface area contributed by atoms with Gasteiger partial charge >= 0.3 is 6.03 Å². The van der Waals surface area contributed by atoms with E-state index in [1.807, 2.05) is 11.8 Å². The number of rotatable bonds is 3. The van der Waals surface area contributed by atoms with Crippen LogP contribution in [-0.4, -0.2) is 41.8 Å². The number of fused-ring (bicyclic) bond motifs is 1. The lowest BCUT2D eigenvalue weighted by molar-refractivity contribution is 0.0529. The predicted molar refractivity (Wildman–Crippen MR) is 108 cm³/mol. The lowest BCUT2D eigenvalue weighted by Crippen LogP contribution is -2.41. The number of urea groups is 1. The standard InChI is InChI=1S/C19H18ClF2N5O2/c1-10-9-27(2-3-29-10)18-13(20)4-11(7-24-18)25-19(28)26-17-8-23-16-6-15(22)14(21)5-12(16)17/h4-8,10,23H,2-3,9H2,1H3,(H2,25,26,28)/t10-/m1/s1. The fourth-order valence-electron chi connectivity index (χ4n) is 3.25. The molecule has 2 aromatic heterocycles. The molecule has 1 atom stereocenters. The number of hydrogen-bond acceptors (Lipinski definition) is 4. The van der Waals surface area contributed by atoms with Crippen molar-refractivity contribution in [1.29, 1.82) is 0 Å². The number of aromatic amines is 1. The van der Waals surface area contributed by atoms with Crippen LogP contribution in [0.2, 0.25) is 5.02 Å². The van der Waals surface area contributed by atoms with Gasteiger partial charge in [-0.2, -0.15) is 0 Å². The van der Waals surface area contributed by atoms with Crippen LogP contribution in [0.15, 0.2) is 30.6 Å². The van der Waals surface area contributed by atoms with Crippen molar-refractivity contribution in [2.45, 2.75) is 13.0 Å². The molecule has 152 valence electrons. The number of hydrogen-bond donors (Lipinski definition) is 3. The Kier molecular flexibility index (Phi) is 5.25. The Morgan fingerprint density at radius 3 is 2.86 bits per heavy atom. The van der Waals surface area contributed by atoms with Crippen LogP contribution in [0, 0.1) is 11.6 Å². The summed E-state index contributed by atoms with van der Waals surface area (Å²) in [5.74, 6) is -1.34. The fourth-order valence-corrected chi connectivity index (χ4v) is 3.53. The van der Waals surface area contributed by atoms with Crippen molar-refractivity contribution < 1.29 is 18.3 Å². The topological polar surface area (TPSA) is 82.3 Å². The molecule has 7 nitrogen and oxygen atoms in total. The van der Waals surface area contributed by atoms with Gasteiger partial charge in [-0.25, -0.2) is 18.6 Å². The van der Waals surface area contributed by atoms with E-state index in [9.17, 15) is 13.6 Å². The minimum Gasteiger partial charge on any atom is -0.375 e. The van der Waals surface area contributed by atoms with Crippen molar-refractivity contribution in [3.05, 3.63) is 47.2 Å². The molecular weight excluding hydrogens is 404 g/mol. The first kappa shape index (κ1) is 19.4. The van der Waals surface area contributed by atoms with Gasteiger partial charge in [0.25, 0.3) is 0 Å². The van der Waals surface area contributed by atoms with Gasteiger partial charge in [0.05, 0.1) is 40.8 Å². The maximum Gasteiger partial charge on any atom is 0.323 e. The molecule has 3 heterocycles. The minimum atomic E-state index is -0.996. The molecule has 1 aromatic carbocycles. The Morgan fingerprint density at radius 2 is 2.10 bits per heavy atom. The number of nitrogens with one attached hydrogen (secondary N) is 3. The molecule has 0 bridgehead atoms. The zero-order chi connectivity index (χ0) is 20.5. The Hall–Kier alpha value is -2.91. The molecule has 4 rings (SSSR count). The zero-order valence-electron chi connectivity index (χ0n) is 15.4. The number of ether oxygens (including phenoxy) is 1. The summed E-state index contributed by atoms with van der Waals surface area (Å²) in [5, 5.41) is 5.98. The summed E-state index contributed by atoms with van der Waals surface area (Å²) in [6.45, 7) is 3.93. The summed E-state index contributed by atoms with van der Waals surface area (Å²) in [5.41, 5.74) is 1.08. The average Bonchev–Trinajstić information content (AvgIpc) is 3.03. The molecule has 3 N–H and O–H groups in total. The minimum absolute atomic E-state index is 0.0830. The number of morpholine rings is 1. The number of aromatic nitrogens is 2. The molecule has 3 aromatic rings. The van der Waals surface area contributed by atoms with Gasteiger partial charge in [0.15, 0.2) is 11.6 Å². The third kappa shape index (κ3) is 4.10. The van der Waals surface area contributed by atoms with Crippen LogP contribution < -0.4 is 15.5 Å². The lowest BCUT2D eigenvalue weighted by Gasteiger charge is -2.32. The Bertz CT molecular complexity index is 1070. The number of nitrogens with zero attached hydrogens (tertiary/aromatic N) is 2. The normalized spacial score (nSPS) is 16.8. The lowest BCUT2D eigenvalue weighted by atomic mass is 10.2. The number of carbonyl (C=O) groups excluding carboxylic acids is 1. The number of anilines is 3. The number of benzene rings is 1. The maximum absolute atomic E-state index is 13.5. The second kappa shape index (κ2) is 7.84. The predicted octanol–water partition coefficient (Wildman–Crippen LogP) is 4.36. The van der Waals surface area contributed by atoms with E-state index in [1.54, 1.807) is 6.07 Å². The van der Waals surface area contributed by atoms with Crippen molar-refractivity contribution in [2.75, 3.05) is 35.2 Å². The van der Waals surface area contributed by atoms with Crippen molar-refractivity contribution in [3.8, 4) is 0 Å². The first-order chi connectivity index (χ1) is 13.9. The number of carbonyl (C=O) groups is 1. The van der Waals surface area contributed by atoms with E-state index in [0.29, 0.717) is 52.8 Å². The Morgan fingerprint density at radius 1 is 1.31 bits per heavy atom. The zero-order valence-corrected chi connectivity index (χ0v) is 16.2. The first-order valence-corrected chi connectivity index (χ1v) is 9.34. The van der Waals surface area contributed by atoms with E-state index in [1.165, 1.54) is 12.4 Å². The largest absolute Gasteiger partial charge is 0.375 e. The van der Waals surface area contributed by atoms with Gasteiger partial charge in [-0.05, 0) is 19.1 Å². The Balaban J connectivity index is 1.46. The highest BCUT2D eigenvalue weighted by Gasteiger charge is 2.20. The highest BCUT2D eigenvalue weighted by atomic mass is 35.5. The molecule has 0 saturated carbocycles. The van der Waals surface area contributed by atoms with Crippen molar-refractivity contribution in [3.63, 3.8) is 0 Å². The molecule has 1 fully saturated rings. The third-order valence-corrected chi connectivity index (χ3v) is 4.87. The highest BCUT2D eigenvalue weighted by molar-refractivity contribution is 6.33. The summed E-state index contributed by atoms with van der Waals surface area (Å²) in [6.07, 6.45) is 3.04. The van der Waals surface area contributed by atoms with Crippen LogP contribution in [0.25, 0.3) is 10.9 Å². The second-order valence-corrected chi connectivity index (χ2v) is 7.16. The molecule has 1 aliphatic rings. The van der Waals surface area contributed by atoms with E-state index in [4.69, 9.17) is 16.3 Å². The van der Waals surface area contributed by atoms with Gasteiger partial charge in [0, 0.05) is 30.7 Å². The van der Waals surface area contributed by atoms with Crippen molar-refractivity contribution in [2.24, 2.45) is 0 Å². The summed E-state index contributed by atoms with van der Waals surface area (Å²) in [7, 11) is 0. The van der Waals surface area contributed by atoms with Crippen LogP contribution in [0.1, 0.15) is 6.92 Å². The van der Waals surface area contributed by atoms with Gasteiger partial charge < -0.3 is 25.3 Å². The molecule has 0 spiro atoms. The van der Waals surface area contributed by atoms with E-state index >= 15 is 0 Å². The Labute approximate surface area is 170 Å². The molecule has 10 heteroatoms. The van der Waals surface area contributed by atoms with Crippen LogP contribution in [0.5, 0.6) is 0 Å². The summed E-state index contributed by atoms with van der Waals surface area (Å²) in [6, 6.07) is 3.09. The van der Waals surface area contributed by atoms with Crippen molar-refractivity contribution in [1.82, 2.24) is 9.97 Å². The highest BCUT2D eigenvalue weighted by Crippen LogP contribution is 2.28. The van der Waals surface area contributed by atoms with E-state index in [-0.39, 0.29) is 6.10 Å². The van der Waals surface area contributed by atoms with E-state index < -0.39 is 17.7 Å². The molecule has 1 aliphatic heterocycles. The number of pyridine rings is 1. The quantitative estimate of drug-likeness (QED) is 0.586. The summed E-state index contributed by atoms with van der Waals surface area (Å²) >= 11 is 6.35. The van der Waals surface area contributed by atoms with Gasteiger partial charge in [0.1, 0.15) is 5.82 Å². The van der Waals surface area contributed by atoms with E-state index in [2.05, 4.69) is 20.6 Å². The third-order valence-electron chi connectivity index (χ3n) is 4.59. The monoisotopic (exact) mass is 421 g/mol.